The SMILES string of the molecule is CC(O)C1CCN(C(=O)c2ncccc2Br)CC1. The number of amides is 1. The van der Waals surface area contributed by atoms with Crippen LogP contribution in [0.15, 0.2) is 22.8 Å². The molecule has 1 N–H and O–H groups in total. The van der Waals surface area contributed by atoms with Crippen molar-refractivity contribution >= 4 is 21.8 Å². The number of carbonyl (C=O) groups excluding carboxylic acids is 1. The van der Waals surface area contributed by atoms with E-state index in [2.05, 4.69) is 20.9 Å². The lowest BCUT2D eigenvalue weighted by molar-refractivity contribution is 0.0516. The number of piperidine rings is 1. The molecule has 1 saturated heterocycles. The summed E-state index contributed by atoms with van der Waals surface area (Å²) in [7, 11) is 0. The summed E-state index contributed by atoms with van der Waals surface area (Å²) in [6.07, 6.45) is 3.05. The Hall–Kier alpha value is -0.940. The fraction of sp³-hybridized carbons (Fsp3) is 0.538. The second kappa shape index (κ2) is 5.80. The molecule has 2 rings (SSSR count). The van der Waals surface area contributed by atoms with Gasteiger partial charge in [0.1, 0.15) is 5.69 Å². The van der Waals surface area contributed by atoms with Gasteiger partial charge >= 0.3 is 0 Å². The van der Waals surface area contributed by atoms with Crippen LogP contribution < -0.4 is 0 Å². The molecule has 0 aromatic carbocycles. The maximum Gasteiger partial charge on any atom is 0.273 e. The molecule has 1 aliphatic heterocycles. The normalized spacial score (nSPS) is 18.7. The van der Waals surface area contributed by atoms with E-state index in [1.54, 1.807) is 12.3 Å². The van der Waals surface area contributed by atoms with E-state index in [1.807, 2.05) is 17.9 Å². The second-order valence-corrected chi connectivity index (χ2v) is 5.56. The van der Waals surface area contributed by atoms with Crippen LogP contribution in [0.25, 0.3) is 0 Å². The summed E-state index contributed by atoms with van der Waals surface area (Å²) in [6, 6.07) is 3.61. The molecule has 4 nitrogen and oxygen atoms in total. The first-order valence-electron chi connectivity index (χ1n) is 6.17. The molecular formula is C13H17BrN2O2. The molecule has 0 spiro atoms. The van der Waals surface area contributed by atoms with Gasteiger partial charge < -0.3 is 10.0 Å². The van der Waals surface area contributed by atoms with Crippen molar-refractivity contribution in [2.45, 2.75) is 25.9 Å². The van der Waals surface area contributed by atoms with E-state index < -0.39 is 0 Å². The van der Waals surface area contributed by atoms with E-state index in [9.17, 15) is 9.90 Å². The summed E-state index contributed by atoms with van der Waals surface area (Å²) in [4.78, 5) is 18.2. The van der Waals surface area contributed by atoms with E-state index in [0.717, 1.165) is 17.3 Å². The maximum atomic E-state index is 12.3. The van der Waals surface area contributed by atoms with Crippen LogP contribution in [0, 0.1) is 5.92 Å². The summed E-state index contributed by atoms with van der Waals surface area (Å²) in [6.45, 7) is 3.20. The molecule has 0 saturated carbocycles. The average Bonchev–Trinajstić information content (AvgIpc) is 2.38. The predicted octanol–water partition coefficient (Wildman–Crippen LogP) is 2.08. The molecule has 1 fully saturated rings. The molecule has 1 amide bonds. The van der Waals surface area contributed by atoms with Crippen molar-refractivity contribution in [3.8, 4) is 0 Å². The van der Waals surface area contributed by atoms with Gasteiger partial charge in [-0.25, -0.2) is 4.98 Å². The Morgan fingerprint density at radius 1 is 1.56 bits per heavy atom. The minimum Gasteiger partial charge on any atom is -0.393 e. The number of nitrogens with zero attached hydrogens (tertiary/aromatic N) is 2. The molecule has 18 heavy (non-hydrogen) atoms. The van der Waals surface area contributed by atoms with Gasteiger partial charge in [-0.2, -0.15) is 0 Å². The number of aliphatic hydroxyl groups is 1. The number of likely N-dealkylation sites (tertiary alicyclic amines) is 1. The summed E-state index contributed by atoms with van der Waals surface area (Å²) < 4.78 is 0.729. The van der Waals surface area contributed by atoms with Gasteiger partial charge in [0.15, 0.2) is 0 Å². The molecule has 5 heteroatoms. The van der Waals surface area contributed by atoms with Crippen LogP contribution in [0.5, 0.6) is 0 Å². The zero-order chi connectivity index (χ0) is 13.1. The standard InChI is InChI=1S/C13H17BrN2O2/c1-9(17)10-4-7-16(8-5-10)13(18)12-11(14)3-2-6-15-12/h2-3,6,9-10,17H,4-5,7-8H2,1H3. The third kappa shape index (κ3) is 2.90. The molecule has 1 unspecified atom stereocenters. The third-order valence-electron chi connectivity index (χ3n) is 3.47. The van der Waals surface area contributed by atoms with Gasteiger partial charge in [0.2, 0.25) is 0 Å². The van der Waals surface area contributed by atoms with Gasteiger partial charge in [-0.1, -0.05) is 0 Å². The number of rotatable bonds is 2. The Morgan fingerprint density at radius 3 is 2.78 bits per heavy atom. The summed E-state index contributed by atoms with van der Waals surface area (Å²) in [5.41, 5.74) is 0.466. The number of pyridine rings is 1. The van der Waals surface area contributed by atoms with E-state index in [0.29, 0.717) is 24.7 Å². The van der Waals surface area contributed by atoms with Gasteiger partial charge in [-0.3, -0.25) is 4.79 Å². The molecular weight excluding hydrogens is 296 g/mol. The fourth-order valence-corrected chi connectivity index (χ4v) is 2.70. The van der Waals surface area contributed by atoms with E-state index in [4.69, 9.17) is 0 Å². The van der Waals surface area contributed by atoms with Crippen molar-refractivity contribution in [3.05, 3.63) is 28.5 Å². The Morgan fingerprint density at radius 2 is 2.22 bits per heavy atom. The number of halogens is 1. The lowest BCUT2D eigenvalue weighted by Gasteiger charge is -2.33. The van der Waals surface area contributed by atoms with Crippen molar-refractivity contribution in [2.24, 2.45) is 5.92 Å². The number of carbonyl (C=O) groups is 1. The highest BCUT2D eigenvalue weighted by atomic mass is 79.9. The largest absolute Gasteiger partial charge is 0.393 e. The first-order chi connectivity index (χ1) is 8.59. The molecule has 1 atom stereocenters. The van der Waals surface area contributed by atoms with Crippen LogP contribution in [-0.2, 0) is 0 Å². The Bertz CT molecular complexity index is 429. The zero-order valence-corrected chi connectivity index (χ0v) is 11.9. The number of hydrogen-bond acceptors (Lipinski definition) is 3. The van der Waals surface area contributed by atoms with Crippen LogP contribution in [0.3, 0.4) is 0 Å². The average molecular weight is 313 g/mol. The smallest absolute Gasteiger partial charge is 0.273 e. The van der Waals surface area contributed by atoms with Crippen LogP contribution in [0.2, 0.25) is 0 Å². The van der Waals surface area contributed by atoms with E-state index in [-0.39, 0.29) is 12.0 Å². The predicted molar refractivity (Wildman–Crippen MR) is 72.2 cm³/mol. The lowest BCUT2D eigenvalue weighted by Crippen LogP contribution is -2.41. The summed E-state index contributed by atoms with van der Waals surface area (Å²) >= 11 is 3.35. The topological polar surface area (TPSA) is 53.4 Å². The van der Waals surface area contributed by atoms with Crippen LogP contribution in [0.4, 0.5) is 0 Å². The van der Waals surface area contributed by atoms with Crippen LogP contribution >= 0.6 is 15.9 Å². The monoisotopic (exact) mass is 312 g/mol. The molecule has 0 aliphatic carbocycles. The second-order valence-electron chi connectivity index (χ2n) is 4.70. The number of hydrogen-bond donors (Lipinski definition) is 1. The molecule has 1 aromatic rings. The molecule has 2 heterocycles. The number of aromatic nitrogens is 1. The third-order valence-corrected chi connectivity index (χ3v) is 4.11. The Labute approximate surface area is 115 Å². The Balaban J connectivity index is 2.02. The maximum absolute atomic E-state index is 12.3. The van der Waals surface area contributed by atoms with Crippen molar-refractivity contribution < 1.29 is 9.90 Å². The first kappa shape index (κ1) is 13.5. The van der Waals surface area contributed by atoms with Gasteiger partial charge in [-0.15, -0.1) is 0 Å². The van der Waals surface area contributed by atoms with Crippen molar-refractivity contribution in [3.63, 3.8) is 0 Å². The molecule has 1 aliphatic rings. The first-order valence-corrected chi connectivity index (χ1v) is 6.96. The van der Waals surface area contributed by atoms with E-state index in [1.165, 1.54) is 0 Å². The summed E-state index contributed by atoms with van der Waals surface area (Å²) in [5.74, 6) is 0.271. The van der Waals surface area contributed by atoms with Crippen molar-refractivity contribution in [1.29, 1.82) is 0 Å². The molecule has 1 aromatic heterocycles. The van der Waals surface area contributed by atoms with Crippen LogP contribution in [-0.4, -0.2) is 40.1 Å². The fourth-order valence-electron chi connectivity index (χ4n) is 2.28. The molecule has 0 bridgehead atoms. The van der Waals surface area contributed by atoms with Gasteiger partial charge in [0, 0.05) is 23.8 Å². The van der Waals surface area contributed by atoms with Crippen molar-refractivity contribution in [1.82, 2.24) is 9.88 Å². The lowest BCUT2D eigenvalue weighted by atomic mass is 9.92. The highest BCUT2D eigenvalue weighted by Gasteiger charge is 2.27. The zero-order valence-electron chi connectivity index (χ0n) is 10.3. The highest BCUT2D eigenvalue weighted by Crippen LogP contribution is 2.23. The van der Waals surface area contributed by atoms with Crippen molar-refractivity contribution in [2.75, 3.05) is 13.1 Å². The highest BCUT2D eigenvalue weighted by molar-refractivity contribution is 9.10. The van der Waals surface area contributed by atoms with E-state index >= 15 is 0 Å². The van der Waals surface area contributed by atoms with Gasteiger partial charge in [0.25, 0.3) is 5.91 Å². The van der Waals surface area contributed by atoms with Crippen LogP contribution in [0.1, 0.15) is 30.3 Å². The Kier molecular flexibility index (Phi) is 4.35. The minimum absolute atomic E-state index is 0.0356. The quantitative estimate of drug-likeness (QED) is 0.909. The minimum atomic E-state index is -0.288. The summed E-state index contributed by atoms with van der Waals surface area (Å²) in [5, 5.41) is 9.54. The number of aliphatic hydroxyl groups excluding tert-OH is 1. The molecule has 98 valence electrons. The molecule has 0 radical (unpaired) electrons. The van der Waals surface area contributed by atoms with Gasteiger partial charge in [-0.05, 0) is 53.7 Å². The van der Waals surface area contributed by atoms with Gasteiger partial charge in [0.05, 0.1) is 6.10 Å².